The van der Waals surface area contributed by atoms with Gasteiger partial charge in [-0.05, 0) is 24.1 Å². The lowest BCUT2D eigenvalue weighted by molar-refractivity contribution is 0.0690. The molecule has 2 aromatic heterocycles. The van der Waals surface area contributed by atoms with Crippen molar-refractivity contribution in [2.45, 2.75) is 13.5 Å². The zero-order valence-electron chi connectivity index (χ0n) is 9.79. The van der Waals surface area contributed by atoms with E-state index in [0.717, 1.165) is 11.1 Å². The Kier molecular flexibility index (Phi) is 3.47. The maximum Gasteiger partial charge on any atom is 0.356 e. The Labute approximate surface area is 104 Å². The van der Waals surface area contributed by atoms with E-state index in [1.165, 1.54) is 12.4 Å². The zero-order chi connectivity index (χ0) is 13.0. The van der Waals surface area contributed by atoms with E-state index in [1.807, 2.05) is 13.0 Å². The topological polar surface area (TPSA) is 88.0 Å². The molecule has 0 unspecified atom stereocenters. The normalized spacial score (nSPS) is 10.1. The van der Waals surface area contributed by atoms with Crippen molar-refractivity contribution in [1.82, 2.24) is 15.0 Å². The maximum absolute atomic E-state index is 10.7. The fraction of sp³-hybridized carbons (Fsp3) is 0.167. The molecule has 0 spiro atoms. The summed E-state index contributed by atoms with van der Waals surface area (Å²) >= 11 is 0. The second-order valence-electron chi connectivity index (χ2n) is 3.75. The van der Waals surface area contributed by atoms with Gasteiger partial charge in [-0.3, -0.25) is 9.97 Å². The highest BCUT2D eigenvalue weighted by molar-refractivity contribution is 5.85. The van der Waals surface area contributed by atoms with Gasteiger partial charge in [-0.15, -0.1) is 0 Å². The minimum atomic E-state index is -1.09. The first kappa shape index (κ1) is 12.0. The first-order valence-corrected chi connectivity index (χ1v) is 5.35. The highest BCUT2D eigenvalue weighted by Crippen LogP contribution is 2.08. The van der Waals surface area contributed by atoms with Gasteiger partial charge in [-0.2, -0.15) is 0 Å². The molecule has 0 radical (unpaired) electrons. The third-order valence-corrected chi connectivity index (χ3v) is 2.45. The van der Waals surface area contributed by atoms with Gasteiger partial charge >= 0.3 is 5.97 Å². The lowest BCUT2D eigenvalue weighted by Crippen LogP contribution is -2.07. The van der Waals surface area contributed by atoms with Crippen LogP contribution in [0.3, 0.4) is 0 Å². The van der Waals surface area contributed by atoms with Crippen molar-refractivity contribution in [3.05, 3.63) is 47.7 Å². The largest absolute Gasteiger partial charge is 0.476 e. The van der Waals surface area contributed by atoms with Crippen molar-refractivity contribution >= 4 is 11.8 Å². The van der Waals surface area contributed by atoms with Gasteiger partial charge in [-0.25, -0.2) is 9.78 Å². The van der Waals surface area contributed by atoms with Crippen LogP contribution in [0.5, 0.6) is 0 Å². The minimum Gasteiger partial charge on any atom is -0.476 e. The molecule has 6 nitrogen and oxygen atoms in total. The molecule has 2 heterocycles. The van der Waals surface area contributed by atoms with Crippen LogP contribution in [-0.2, 0) is 6.54 Å². The van der Waals surface area contributed by atoms with E-state index in [-0.39, 0.29) is 5.69 Å². The molecule has 92 valence electrons. The number of rotatable bonds is 4. The third kappa shape index (κ3) is 2.79. The number of aryl methyl sites for hydroxylation is 1. The van der Waals surface area contributed by atoms with Crippen LogP contribution in [0.1, 0.15) is 21.6 Å². The molecule has 0 saturated carbocycles. The van der Waals surface area contributed by atoms with Crippen LogP contribution in [0.15, 0.2) is 30.9 Å². The fourth-order valence-corrected chi connectivity index (χ4v) is 1.44. The summed E-state index contributed by atoms with van der Waals surface area (Å²) in [6.45, 7) is 2.51. The Balaban J connectivity index is 2.09. The highest BCUT2D eigenvalue weighted by Gasteiger charge is 2.06. The van der Waals surface area contributed by atoms with Gasteiger partial charge in [0.15, 0.2) is 5.69 Å². The predicted octanol–water partition coefficient (Wildman–Crippen LogP) is 1.49. The number of aromatic carboxylic acids is 1. The second kappa shape index (κ2) is 5.22. The number of carboxylic acid groups (broad SMARTS) is 1. The van der Waals surface area contributed by atoms with Crippen LogP contribution in [-0.4, -0.2) is 26.0 Å². The molecule has 2 rings (SSSR count). The van der Waals surface area contributed by atoms with Crippen molar-refractivity contribution < 1.29 is 9.90 Å². The molecule has 2 N–H and O–H groups in total. The van der Waals surface area contributed by atoms with Crippen LogP contribution in [0.4, 0.5) is 5.82 Å². The molecule has 0 aliphatic heterocycles. The molecule has 0 aliphatic carbocycles. The van der Waals surface area contributed by atoms with Crippen molar-refractivity contribution in [1.29, 1.82) is 0 Å². The smallest absolute Gasteiger partial charge is 0.356 e. The van der Waals surface area contributed by atoms with Gasteiger partial charge in [0.2, 0.25) is 0 Å². The van der Waals surface area contributed by atoms with E-state index in [1.54, 1.807) is 12.4 Å². The lowest BCUT2D eigenvalue weighted by atomic mass is 10.1. The summed E-state index contributed by atoms with van der Waals surface area (Å²) < 4.78 is 0. The monoisotopic (exact) mass is 244 g/mol. The number of carbonyl (C=O) groups is 1. The second-order valence-corrected chi connectivity index (χ2v) is 3.75. The van der Waals surface area contributed by atoms with Crippen molar-refractivity contribution in [3.8, 4) is 0 Å². The van der Waals surface area contributed by atoms with Crippen LogP contribution in [0.2, 0.25) is 0 Å². The van der Waals surface area contributed by atoms with E-state index in [4.69, 9.17) is 5.11 Å². The summed E-state index contributed by atoms with van der Waals surface area (Å²) in [5.74, 6) is -0.655. The van der Waals surface area contributed by atoms with Crippen LogP contribution in [0.25, 0.3) is 0 Å². The number of nitrogens with zero attached hydrogens (tertiary/aromatic N) is 3. The molecule has 0 aliphatic rings. The number of nitrogens with one attached hydrogen (secondary N) is 1. The molecular formula is C12H12N4O2. The van der Waals surface area contributed by atoms with E-state index >= 15 is 0 Å². The number of hydrogen-bond donors (Lipinski definition) is 2. The van der Waals surface area contributed by atoms with Gasteiger partial charge in [0, 0.05) is 18.9 Å². The molecule has 0 amide bonds. The average molecular weight is 244 g/mol. The highest BCUT2D eigenvalue weighted by atomic mass is 16.4. The maximum atomic E-state index is 10.7. The molecule has 0 fully saturated rings. The third-order valence-electron chi connectivity index (χ3n) is 2.45. The minimum absolute atomic E-state index is 0.0774. The summed E-state index contributed by atoms with van der Waals surface area (Å²) in [4.78, 5) is 22.5. The van der Waals surface area contributed by atoms with Crippen molar-refractivity contribution in [2.24, 2.45) is 0 Å². The van der Waals surface area contributed by atoms with E-state index in [9.17, 15) is 4.79 Å². The molecule has 0 aromatic carbocycles. The van der Waals surface area contributed by atoms with Crippen molar-refractivity contribution in [2.75, 3.05) is 5.32 Å². The van der Waals surface area contributed by atoms with Crippen LogP contribution >= 0.6 is 0 Å². The Morgan fingerprint density at radius 2 is 2.17 bits per heavy atom. The SMILES string of the molecule is Cc1cnccc1CNc1cncc(C(=O)O)n1. The fourth-order valence-electron chi connectivity index (χ4n) is 1.44. The predicted molar refractivity (Wildman–Crippen MR) is 65.3 cm³/mol. The standard InChI is InChI=1S/C12H12N4O2/c1-8-4-13-3-2-9(8)5-15-11-7-14-6-10(16-11)12(17)18/h2-4,6-7H,5H2,1H3,(H,15,16)(H,17,18). The average Bonchev–Trinajstić information content (AvgIpc) is 2.38. The molecule has 0 bridgehead atoms. The summed E-state index contributed by atoms with van der Waals surface area (Å²) in [5, 5.41) is 11.8. The molecule has 0 saturated heterocycles. The first-order valence-electron chi connectivity index (χ1n) is 5.35. The van der Waals surface area contributed by atoms with Crippen molar-refractivity contribution in [3.63, 3.8) is 0 Å². The number of pyridine rings is 1. The lowest BCUT2D eigenvalue weighted by Gasteiger charge is -2.07. The van der Waals surface area contributed by atoms with Crippen LogP contribution < -0.4 is 5.32 Å². The van der Waals surface area contributed by atoms with Gasteiger partial charge < -0.3 is 10.4 Å². The Morgan fingerprint density at radius 1 is 1.33 bits per heavy atom. The van der Waals surface area contributed by atoms with E-state index in [0.29, 0.717) is 12.4 Å². The molecule has 0 atom stereocenters. The molecule has 18 heavy (non-hydrogen) atoms. The Bertz CT molecular complexity index is 572. The number of anilines is 1. The first-order chi connectivity index (χ1) is 8.66. The molecule has 6 heteroatoms. The molecule has 2 aromatic rings. The Hall–Kier alpha value is -2.50. The summed E-state index contributed by atoms with van der Waals surface area (Å²) in [7, 11) is 0. The van der Waals surface area contributed by atoms with Gasteiger partial charge in [-0.1, -0.05) is 0 Å². The van der Waals surface area contributed by atoms with E-state index in [2.05, 4.69) is 20.3 Å². The van der Waals surface area contributed by atoms with Gasteiger partial charge in [0.1, 0.15) is 5.82 Å². The molecular weight excluding hydrogens is 232 g/mol. The van der Waals surface area contributed by atoms with Gasteiger partial charge in [0.25, 0.3) is 0 Å². The van der Waals surface area contributed by atoms with Gasteiger partial charge in [0.05, 0.1) is 12.4 Å². The van der Waals surface area contributed by atoms with E-state index < -0.39 is 5.97 Å². The number of aromatic nitrogens is 3. The Morgan fingerprint density at radius 3 is 2.89 bits per heavy atom. The summed E-state index contributed by atoms with van der Waals surface area (Å²) in [5.41, 5.74) is 2.06. The number of hydrogen-bond acceptors (Lipinski definition) is 5. The number of carboxylic acids is 1. The quantitative estimate of drug-likeness (QED) is 0.847. The van der Waals surface area contributed by atoms with Crippen LogP contribution in [0, 0.1) is 6.92 Å². The summed E-state index contributed by atoms with van der Waals surface area (Å²) in [6, 6.07) is 1.90. The zero-order valence-corrected chi connectivity index (χ0v) is 9.79. The summed E-state index contributed by atoms with van der Waals surface area (Å²) in [6.07, 6.45) is 6.19.